The average Bonchev–Trinajstić information content (AvgIpc) is 2.34. The Morgan fingerprint density at radius 3 is 2.83 bits per heavy atom. The van der Waals surface area contributed by atoms with Crippen molar-refractivity contribution in [3.8, 4) is 0 Å². The Kier molecular flexibility index (Phi) is 3.91. The monoisotopic (exact) mass is 254 g/mol. The fourth-order valence-corrected chi connectivity index (χ4v) is 2.20. The predicted octanol–water partition coefficient (Wildman–Crippen LogP) is 2.25. The number of carbonyl (C=O) groups is 1. The molecule has 0 saturated carbocycles. The number of hydrogen-bond acceptors (Lipinski definition) is 2. The fourth-order valence-electron chi connectivity index (χ4n) is 2.20. The van der Waals surface area contributed by atoms with E-state index in [4.69, 9.17) is 0 Å². The standard InChI is InChI=1S/C13H16F2N2O/c1-17-6-2-3-9(8-17)13(18)16-10-4-5-11(14)12(15)7-10/h4-5,7,9H,2-3,6,8H2,1H3,(H,16,18). The minimum absolute atomic E-state index is 0.0862. The molecule has 98 valence electrons. The summed E-state index contributed by atoms with van der Waals surface area (Å²) in [4.78, 5) is 14.1. The van der Waals surface area contributed by atoms with Crippen LogP contribution in [0.5, 0.6) is 0 Å². The zero-order chi connectivity index (χ0) is 13.1. The van der Waals surface area contributed by atoms with Crippen LogP contribution < -0.4 is 5.32 Å². The first-order valence-corrected chi connectivity index (χ1v) is 6.00. The summed E-state index contributed by atoms with van der Waals surface area (Å²) in [6, 6.07) is 3.38. The maximum Gasteiger partial charge on any atom is 0.228 e. The number of hydrogen-bond donors (Lipinski definition) is 1. The lowest BCUT2D eigenvalue weighted by Crippen LogP contribution is -2.38. The molecule has 1 aromatic carbocycles. The average molecular weight is 254 g/mol. The van der Waals surface area contributed by atoms with Crippen molar-refractivity contribution in [1.82, 2.24) is 4.90 Å². The van der Waals surface area contributed by atoms with E-state index in [0.29, 0.717) is 12.2 Å². The second-order valence-electron chi connectivity index (χ2n) is 4.72. The third-order valence-corrected chi connectivity index (χ3v) is 3.18. The number of carbonyl (C=O) groups excluding carboxylic acids is 1. The van der Waals surface area contributed by atoms with E-state index in [-0.39, 0.29) is 11.8 Å². The fraction of sp³-hybridized carbons (Fsp3) is 0.462. The van der Waals surface area contributed by atoms with Crippen molar-refractivity contribution in [3.63, 3.8) is 0 Å². The summed E-state index contributed by atoms with van der Waals surface area (Å²) < 4.78 is 25.7. The van der Waals surface area contributed by atoms with Crippen molar-refractivity contribution in [3.05, 3.63) is 29.8 Å². The highest BCUT2D eigenvalue weighted by atomic mass is 19.2. The summed E-state index contributed by atoms with van der Waals surface area (Å²) >= 11 is 0. The molecule has 3 nitrogen and oxygen atoms in total. The molecule has 18 heavy (non-hydrogen) atoms. The van der Waals surface area contributed by atoms with E-state index in [1.165, 1.54) is 6.07 Å². The van der Waals surface area contributed by atoms with Gasteiger partial charge in [0.1, 0.15) is 0 Å². The quantitative estimate of drug-likeness (QED) is 0.878. The molecule has 1 atom stereocenters. The molecule has 0 aromatic heterocycles. The molecule has 1 amide bonds. The van der Waals surface area contributed by atoms with Gasteiger partial charge in [-0.25, -0.2) is 8.78 Å². The number of anilines is 1. The van der Waals surface area contributed by atoms with Gasteiger partial charge in [0.05, 0.1) is 5.92 Å². The third-order valence-electron chi connectivity index (χ3n) is 3.18. The molecule has 5 heteroatoms. The Balaban J connectivity index is 2.00. The Morgan fingerprint density at radius 2 is 2.17 bits per heavy atom. The molecule has 1 aliphatic rings. The number of halogens is 2. The van der Waals surface area contributed by atoms with E-state index in [2.05, 4.69) is 10.2 Å². The highest BCUT2D eigenvalue weighted by molar-refractivity contribution is 5.92. The van der Waals surface area contributed by atoms with Crippen LogP contribution in [-0.2, 0) is 4.79 Å². The topological polar surface area (TPSA) is 32.3 Å². The molecule has 1 N–H and O–H groups in total. The lowest BCUT2D eigenvalue weighted by Gasteiger charge is -2.28. The molecule has 1 aliphatic heterocycles. The van der Waals surface area contributed by atoms with Crippen LogP contribution in [0.3, 0.4) is 0 Å². The molecule has 1 saturated heterocycles. The van der Waals surface area contributed by atoms with Crippen molar-refractivity contribution in [2.75, 3.05) is 25.5 Å². The van der Waals surface area contributed by atoms with Gasteiger partial charge in [-0.3, -0.25) is 4.79 Å². The third kappa shape index (κ3) is 3.04. The molecule has 1 heterocycles. The van der Waals surface area contributed by atoms with Crippen LogP contribution in [0.4, 0.5) is 14.5 Å². The molecular formula is C13H16F2N2O. The van der Waals surface area contributed by atoms with E-state index < -0.39 is 11.6 Å². The molecule has 0 spiro atoms. The first-order chi connectivity index (χ1) is 8.56. The minimum atomic E-state index is -0.950. The van der Waals surface area contributed by atoms with Gasteiger partial charge in [-0.2, -0.15) is 0 Å². The molecule has 1 unspecified atom stereocenters. The molecule has 2 rings (SSSR count). The predicted molar refractivity (Wildman–Crippen MR) is 65.2 cm³/mol. The Labute approximate surface area is 105 Å². The van der Waals surface area contributed by atoms with Gasteiger partial charge in [-0.05, 0) is 38.6 Å². The van der Waals surface area contributed by atoms with E-state index in [9.17, 15) is 13.6 Å². The summed E-state index contributed by atoms with van der Waals surface area (Å²) in [5.41, 5.74) is 0.298. The van der Waals surface area contributed by atoms with Crippen molar-refractivity contribution in [2.45, 2.75) is 12.8 Å². The van der Waals surface area contributed by atoms with Crippen molar-refractivity contribution >= 4 is 11.6 Å². The van der Waals surface area contributed by atoms with Crippen molar-refractivity contribution < 1.29 is 13.6 Å². The van der Waals surface area contributed by atoms with Gasteiger partial charge in [-0.15, -0.1) is 0 Å². The number of piperidine rings is 1. The molecule has 0 radical (unpaired) electrons. The number of nitrogens with one attached hydrogen (secondary N) is 1. The van der Waals surface area contributed by atoms with E-state index >= 15 is 0 Å². The number of nitrogens with zero attached hydrogens (tertiary/aromatic N) is 1. The zero-order valence-corrected chi connectivity index (χ0v) is 10.2. The number of amides is 1. The maximum absolute atomic E-state index is 13.0. The van der Waals surface area contributed by atoms with Crippen LogP contribution in [0.25, 0.3) is 0 Å². The van der Waals surface area contributed by atoms with Gasteiger partial charge in [0.2, 0.25) is 5.91 Å². The van der Waals surface area contributed by atoms with Crippen LogP contribution in [0.15, 0.2) is 18.2 Å². The normalized spacial score (nSPS) is 20.7. The summed E-state index contributed by atoms with van der Waals surface area (Å²) in [5, 5.41) is 2.63. The maximum atomic E-state index is 13.0. The summed E-state index contributed by atoms with van der Waals surface area (Å²) in [6.07, 6.45) is 1.81. The van der Waals surface area contributed by atoms with Crippen LogP contribution in [-0.4, -0.2) is 30.9 Å². The zero-order valence-electron chi connectivity index (χ0n) is 10.2. The van der Waals surface area contributed by atoms with Crippen LogP contribution in [0.1, 0.15) is 12.8 Å². The summed E-state index contributed by atoms with van der Waals surface area (Å²) in [7, 11) is 1.97. The van der Waals surface area contributed by atoms with E-state index in [1.54, 1.807) is 0 Å². The highest BCUT2D eigenvalue weighted by Crippen LogP contribution is 2.19. The number of benzene rings is 1. The molecule has 1 aromatic rings. The first kappa shape index (κ1) is 13.0. The Bertz CT molecular complexity index is 451. The largest absolute Gasteiger partial charge is 0.326 e. The number of rotatable bonds is 2. The van der Waals surface area contributed by atoms with Crippen LogP contribution in [0.2, 0.25) is 0 Å². The van der Waals surface area contributed by atoms with E-state index in [0.717, 1.165) is 31.5 Å². The SMILES string of the molecule is CN1CCCC(C(=O)Nc2ccc(F)c(F)c2)C1. The second kappa shape index (κ2) is 5.44. The Morgan fingerprint density at radius 1 is 1.39 bits per heavy atom. The number of likely N-dealkylation sites (tertiary alicyclic amines) is 1. The lowest BCUT2D eigenvalue weighted by molar-refractivity contribution is -0.121. The van der Waals surface area contributed by atoms with Gasteiger partial charge in [0.15, 0.2) is 11.6 Å². The van der Waals surface area contributed by atoms with Gasteiger partial charge in [0, 0.05) is 18.3 Å². The molecule has 0 aliphatic carbocycles. The minimum Gasteiger partial charge on any atom is -0.326 e. The van der Waals surface area contributed by atoms with Gasteiger partial charge in [0.25, 0.3) is 0 Å². The van der Waals surface area contributed by atoms with Gasteiger partial charge >= 0.3 is 0 Å². The van der Waals surface area contributed by atoms with Crippen LogP contribution in [0, 0.1) is 17.6 Å². The van der Waals surface area contributed by atoms with Gasteiger partial charge in [-0.1, -0.05) is 0 Å². The van der Waals surface area contributed by atoms with Crippen molar-refractivity contribution in [2.24, 2.45) is 5.92 Å². The Hall–Kier alpha value is -1.49. The second-order valence-corrected chi connectivity index (χ2v) is 4.72. The summed E-state index contributed by atoms with van der Waals surface area (Å²) in [5.74, 6) is -2.08. The van der Waals surface area contributed by atoms with Gasteiger partial charge < -0.3 is 10.2 Å². The smallest absolute Gasteiger partial charge is 0.228 e. The molecule has 1 fully saturated rings. The van der Waals surface area contributed by atoms with E-state index in [1.807, 2.05) is 7.05 Å². The molecule has 0 bridgehead atoms. The highest BCUT2D eigenvalue weighted by Gasteiger charge is 2.24. The summed E-state index contributed by atoms with van der Waals surface area (Å²) in [6.45, 7) is 1.70. The lowest BCUT2D eigenvalue weighted by atomic mass is 9.97. The van der Waals surface area contributed by atoms with Crippen LogP contribution >= 0.6 is 0 Å². The van der Waals surface area contributed by atoms with Crippen molar-refractivity contribution in [1.29, 1.82) is 0 Å². The molecular weight excluding hydrogens is 238 g/mol. The first-order valence-electron chi connectivity index (χ1n) is 6.00.